The van der Waals surface area contributed by atoms with Gasteiger partial charge in [-0.2, -0.15) is 0 Å². The van der Waals surface area contributed by atoms with Gasteiger partial charge < -0.3 is 18.9 Å². The summed E-state index contributed by atoms with van der Waals surface area (Å²) in [6, 6.07) is 0. The lowest BCUT2D eigenvalue weighted by molar-refractivity contribution is -0.870. The van der Waals surface area contributed by atoms with Crippen LogP contribution in [0.1, 0.15) is 438 Å². The van der Waals surface area contributed by atoms with E-state index in [4.69, 9.17) is 18.5 Å². The zero-order chi connectivity index (χ0) is 66.9. The maximum absolute atomic E-state index is 12.9. The van der Waals surface area contributed by atoms with Crippen LogP contribution in [-0.2, 0) is 32.7 Å². The lowest BCUT2D eigenvalue weighted by Gasteiger charge is -2.24. The van der Waals surface area contributed by atoms with Crippen LogP contribution in [0.5, 0.6) is 0 Å². The van der Waals surface area contributed by atoms with Crippen molar-refractivity contribution in [1.82, 2.24) is 0 Å². The minimum atomic E-state index is -4.39. The SMILES string of the molecule is CCCCCCCCCC/C=C\CCCCCCCCCCCCCCCCCCCCCCCCCCCCCC(=O)OC(COC(=O)CCCCCCCCCCCCCCCCCCC/C=C\CCCCCCCCCC)COP(=O)(O)OCC[N+](C)(C)C. The van der Waals surface area contributed by atoms with Crippen LogP contribution in [0.3, 0.4) is 0 Å². The molecule has 10 heteroatoms. The number of hydrogen-bond donors (Lipinski definition) is 1. The average Bonchev–Trinajstić information content (AvgIpc) is 2.14. The third kappa shape index (κ3) is 77.5. The van der Waals surface area contributed by atoms with Gasteiger partial charge in [0.2, 0.25) is 0 Å². The molecule has 0 radical (unpaired) electrons. The fourth-order valence-electron chi connectivity index (χ4n) is 12.7. The van der Waals surface area contributed by atoms with E-state index in [1.807, 2.05) is 21.1 Å². The summed E-state index contributed by atoms with van der Waals surface area (Å²) in [5.41, 5.74) is 0. The number of hydrogen-bond acceptors (Lipinski definition) is 7. The summed E-state index contributed by atoms with van der Waals surface area (Å²) in [6.45, 7) is 4.52. The van der Waals surface area contributed by atoms with Crippen LogP contribution in [0.2, 0.25) is 0 Å². The molecule has 0 spiro atoms. The minimum Gasteiger partial charge on any atom is -0.462 e. The molecule has 0 aliphatic heterocycles. The molecule has 0 aromatic rings. The third-order valence-electron chi connectivity index (χ3n) is 19.0. The topological polar surface area (TPSA) is 108 Å². The maximum atomic E-state index is 12.9. The molecule has 0 fully saturated rings. The molecule has 0 saturated carbocycles. The van der Waals surface area contributed by atoms with Crippen molar-refractivity contribution in [1.29, 1.82) is 0 Å². The summed E-state index contributed by atoms with van der Waals surface area (Å²) < 4.78 is 34.8. The first-order valence-electron chi connectivity index (χ1n) is 41.1. The van der Waals surface area contributed by atoms with Gasteiger partial charge in [-0.05, 0) is 64.2 Å². The molecule has 2 unspecified atom stereocenters. The van der Waals surface area contributed by atoms with Crippen molar-refractivity contribution >= 4 is 19.8 Å². The van der Waals surface area contributed by atoms with Gasteiger partial charge in [-0.1, -0.05) is 385 Å². The number of rotatable bonds is 78. The lowest BCUT2D eigenvalue weighted by atomic mass is 10.0. The highest BCUT2D eigenvalue weighted by Gasteiger charge is 2.27. The second-order valence-electron chi connectivity index (χ2n) is 29.5. The number of phosphoric acid groups is 1. The third-order valence-corrected chi connectivity index (χ3v) is 19.9. The molecule has 0 aromatic carbocycles. The Bertz CT molecular complexity index is 1600. The predicted octanol–water partition coefficient (Wildman–Crippen LogP) is 27.2. The standard InChI is InChI=1S/C82H160NO8P/c1-6-8-10-12-14-16-18-20-22-24-26-28-30-32-34-36-37-38-39-40-41-42-43-44-45-47-49-51-53-55-57-59-61-63-65-67-69-71-73-75-82(85)91-80(79-90-92(86,87)89-77-76-83(3,4)5)78-88-81(84)74-72-70-68-66-64-62-60-58-56-54-52-50-48-46-35-33-31-29-27-25-23-21-19-17-15-13-11-9-7-2/h24-27,80H,6-23,28-79H2,1-5H3/p+1/b26-24-,27-25-. The second-order valence-corrected chi connectivity index (χ2v) is 31.0. The number of nitrogens with zero attached hydrogens (tertiary/aromatic N) is 1. The first kappa shape index (κ1) is 90.5. The van der Waals surface area contributed by atoms with Crippen LogP contribution in [-0.4, -0.2) is 74.9 Å². The van der Waals surface area contributed by atoms with Crippen molar-refractivity contribution in [3.05, 3.63) is 24.3 Å². The molecule has 92 heavy (non-hydrogen) atoms. The van der Waals surface area contributed by atoms with Gasteiger partial charge >= 0.3 is 19.8 Å². The molecule has 0 aliphatic rings. The van der Waals surface area contributed by atoms with E-state index in [1.54, 1.807) is 0 Å². The summed E-state index contributed by atoms with van der Waals surface area (Å²) >= 11 is 0. The summed E-state index contributed by atoms with van der Waals surface area (Å²) in [7, 11) is 1.51. The minimum absolute atomic E-state index is 0.0361. The Morgan fingerprint density at radius 3 is 0.804 bits per heavy atom. The van der Waals surface area contributed by atoms with E-state index in [0.29, 0.717) is 17.4 Å². The molecule has 1 N–H and O–H groups in total. The van der Waals surface area contributed by atoms with Crippen molar-refractivity contribution in [2.75, 3.05) is 47.5 Å². The number of ether oxygens (including phenoxy) is 2. The van der Waals surface area contributed by atoms with E-state index in [1.165, 1.54) is 372 Å². The van der Waals surface area contributed by atoms with Gasteiger partial charge in [0.15, 0.2) is 6.10 Å². The van der Waals surface area contributed by atoms with Crippen molar-refractivity contribution in [3.8, 4) is 0 Å². The zero-order valence-electron chi connectivity index (χ0n) is 62.6. The van der Waals surface area contributed by atoms with Crippen LogP contribution in [0.25, 0.3) is 0 Å². The Balaban J connectivity index is 3.87. The molecule has 0 bridgehead atoms. The van der Waals surface area contributed by atoms with Crippen molar-refractivity contribution < 1.29 is 42.1 Å². The highest BCUT2D eigenvalue weighted by atomic mass is 31.2. The van der Waals surface area contributed by atoms with Crippen LogP contribution < -0.4 is 0 Å². The van der Waals surface area contributed by atoms with E-state index in [2.05, 4.69) is 38.2 Å². The number of likely N-dealkylation sites (N-methyl/N-ethyl adjacent to an activating group) is 1. The molecular weight excluding hydrogens is 1160 g/mol. The summed E-state index contributed by atoms with van der Waals surface area (Å²) in [5, 5.41) is 0. The molecule has 0 rings (SSSR count). The van der Waals surface area contributed by atoms with Gasteiger partial charge in [0.25, 0.3) is 0 Å². The van der Waals surface area contributed by atoms with Crippen molar-refractivity contribution in [3.63, 3.8) is 0 Å². The van der Waals surface area contributed by atoms with Crippen LogP contribution in [0, 0.1) is 0 Å². The molecule has 0 amide bonds. The second kappa shape index (κ2) is 73.7. The van der Waals surface area contributed by atoms with Gasteiger partial charge in [-0.3, -0.25) is 18.6 Å². The number of phosphoric ester groups is 1. The Morgan fingerprint density at radius 2 is 0.554 bits per heavy atom. The quantitative estimate of drug-likeness (QED) is 0.0211. The fraction of sp³-hybridized carbons (Fsp3) is 0.927. The molecular formula is C82H161NO8P+. The summed E-state index contributed by atoms with van der Waals surface area (Å²) in [6.07, 6.45) is 94.9. The van der Waals surface area contributed by atoms with Gasteiger partial charge in [0.05, 0.1) is 27.7 Å². The van der Waals surface area contributed by atoms with E-state index < -0.39 is 26.5 Å². The molecule has 0 aliphatic carbocycles. The monoisotopic (exact) mass is 1320 g/mol. The zero-order valence-corrected chi connectivity index (χ0v) is 63.5. The smallest absolute Gasteiger partial charge is 0.462 e. The lowest BCUT2D eigenvalue weighted by Crippen LogP contribution is -2.37. The Labute approximate surface area is 574 Å². The number of quaternary nitrogens is 1. The van der Waals surface area contributed by atoms with Gasteiger partial charge in [0, 0.05) is 12.8 Å². The maximum Gasteiger partial charge on any atom is 0.472 e. The number of unbranched alkanes of at least 4 members (excludes halogenated alkanes) is 60. The molecule has 2 atom stereocenters. The van der Waals surface area contributed by atoms with Crippen LogP contribution >= 0.6 is 7.82 Å². The molecule has 9 nitrogen and oxygen atoms in total. The first-order chi connectivity index (χ1) is 45.0. The van der Waals surface area contributed by atoms with Gasteiger partial charge in [-0.25, -0.2) is 4.57 Å². The Kier molecular flexibility index (Phi) is 72.5. The van der Waals surface area contributed by atoms with Crippen molar-refractivity contribution in [2.24, 2.45) is 0 Å². The summed E-state index contributed by atoms with van der Waals surface area (Å²) in [4.78, 5) is 36.0. The van der Waals surface area contributed by atoms with E-state index in [-0.39, 0.29) is 25.6 Å². The van der Waals surface area contributed by atoms with E-state index in [0.717, 1.165) is 38.5 Å². The summed E-state index contributed by atoms with van der Waals surface area (Å²) in [5.74, 6) is -0.769. The molecule has 0 saturated heterocycles. The van der Waals surface area contributed by atoms with Gasteiger partial charge in [-0.15, -0.1) is 0 Å². The van der Waals surface area contributed by atoms with Crippen LogP contribution in [0.15, 0.2) is 24.3 Å². The van der Waals surface area contributed by atoms with Crippen LogP contribution in [0.4, 0.5) is 0 Å². The number of allylic oxidation sites excluding steroid dienone is 4. The Hall–Kier alpha value is -1.51. The molecule has 0 aromatic heterocycles. The number of esters is 2. The molecule has 546 valence electrons. The highest BCUT2D eigenvalue weighted by molar-refractivity contribution is 7.47. The largest absolute Gasteiger partial charge is 0.472 e. The van der Waals surface area contributed by atoms with Gasteiger partial charge in [0.1, 0.15) is 19.8 Å². The molecule has 0 heterocycles. The normalized spacial score (nSPS) is 13.1. The first-order valence-corrected chi connectivity index (χ1v) is 42.6. The van der Waals surface area contributed by atoms with Crippen molar-refractivity contribution in [2.45, 2.75) is 444 Å². The highest BCUT2D eigenvalue weighted by Crippen LogP contribution is 2.43. The number of carbonyl (C=O) groups is 2. The average molecular weight is 1320 g/mol. The fourth-order valence-corrected chi connectivity index (χ4v) is 13.4. The Morgan fingerprint density at radius 1 is 0.326 bits per heavy atom. The number of carbonyl (C=O) groups excluding carboxylic acids is 2. The predicted molar refractivity (Wildman–Crippen MR) is 400 cm³/mol. The van der Waals surface area contributed by atoms with E-state index in [9.17, 15) is 19.0 Å². The van der Waals surface area contributed by atoms with E-state index >= 15 is 0 Å².